The molecule has 0 spiro atoms. The maximum Gasteiger partial charge on any atom is 0.240 e. The predicted octanol–water partition coefficient (Wildman–Crippen LogP) is 3.67. The molecule has 1 aliphatic heterocycles. The van der Waals surface area contributed by atoms with Gasteiger partial charge in [-0.25, -0.2) is 13.1 Å². The van der Waals surface area contributed by atoms with Crippen molar-refractivity contribution in [1.82, 2.24) is 4.72 Å². The maximum absolute atomic E-state index is 12.6. The number of ether oxygens (including phenoxy) is 2. The van der Waals surface area contributed by atoms with Gasteiger partial charge in [-0.3, -0.25) is 0 Å². The first kappa shape index (κ1) is 18.7. The molecule has 0 aliphatic carbocycles. The first-order valence-electron chi connectivity index (χ1n) is 8.82. The van der Waals surface area contributed by atoms with Crippen LogP contribution in [0.5, 0.6) is 11.5 Å². The van der Waals surface area contributed by atoms with Gasteiger partial charge in [-0.2, -0.15) is 0 Å². The van der Waals surface area contributed by atoms with Gasteiger partial charge in [0.2, 0.25) is 10.0 Å². The van der Waals surface area contributed by atoms with Gasteiger partial charge in [0.25, 0.3) is 0 Å². The number of hydrogen-bond acceptors (Lipinski definition) is 4. The van der Waals surface area contributed by atoms with Crippen LogP contribution < -0.4 is 14.2 Å². The highest BCUT2D eigenvalue weighted by Crippen LogP contribution is 2.34. The normalized spacial score (nSPS) is 15.8. The van der Waals surface area contributed by atoms with Crippen molar-refractivity contribution in [2.45, 2.75) is 50.7 Å². The van der Waals surface area contributed by atoms with Gasteiger partial charge in [-0.15, -0.1) is 0 Å². The molecule has 1 N–H and O–H groups in total. The van der Waals surface area contributed by atoms with E-state index in [1.54, 1.807) is 18.2 Å². The predicted molar refractivity (Wildman–Crippen MR) is 101 cm³/mol. The fourth-order valence-corrected chi connectivity index (χ4v) is 4.00. The number of nitrogens with one attached hydrogen (secondary N) is 1. The molecule has 1 aliphatic rings. The number of aryl methyl sites for hydroxylation is 1. The molecule has 3 rings (SSSR count). The van der Waals surface area contributed by atoms with Crippen LogP contribution in [0.25, 0.3) is 0 Å². The lowest BCUT2D eigenvalue weighted by molar-refractivity contribution is 0.0845. The Labute approximate surface area is 155 Å². The third-order valence-corrected chi connectivity index (χ3v) is 5.82. The first-order valence-corrected chi connectivity index (χ1v) is 10.3. The molecular formula is C20H25NO4S. The van der Waals surface area contributed by atoms with E-state index in [1.807, 2.05) is 45.0 Å². The zero-order valence-corrected chi connectivity index (χ0v) is 16.2. The zero-order chi connectivity index (χ0) is 18.8. The first-order chi connectivity index (χ1) is 12.3. The second-order valence-electron chi connectivity index (χ2n) is 7.03. The Morgan fingerprint density at radius 1 is 1.15 bits per heavy atom. The van der Waals surface area contributed by atoms with E-state index >= 15 is 0 Å². The highest BCUT2D eigenvalue weighted by molar-refractivity contribution is 7.89. The molecule has 0 aromatic heterocycles. The Kier molecular flexibility index (Phi) is 5.25. The van der Waals surface area contributed by atoms with Crippen molar-refractivity contribution in [3.05, 3.63) is 53.6 Å². The maximum atomic E-state index is 12.6. The largest absolute Gasteiger partial charge is 0.494 e. The molecular weight excluding hydrogens is 350 g/mol. The van der Waals surface area contributed by atoms with E-state index in [2.05, 4.69) is 4.72 Å². The number of benzene rings is 2. The van der Waals surface area contributed by atoms with E-state index in [0.717, 1.165) is 35.5 Å². The Bertz CT molecular complexity index is 873. The quantitative estimate of drug-likeness (QED) is 0.837. The van der Waals surface area contributed by atoms with Crippen molar-refractivity contribution in [1.29, 1.82) is 0 Å². The van der Waals surface area contributed by atoms with Gasteiger partial charge in [0.05, 0.1) is 11.5 Å². The van der Waals surface area contributed by atoms with Crippen molar-refractivity contribution < 1.29 is 17.9 Å². The van der Waals surface area contributed by atoms with E-state index in [4.69, 9.17) is 9.47 Å². The summed E-state index contributed by atoms with van der Waals surface area (Å²) in [6, 6.07) is 12.5. The molecule has 5 nitrogen and oxygen atoms in total. The average Bonchev–Trinajstić information content (AvgIpc) is 2.60. The number of fused-ring (bicyclic) bond motifs is 1. The summed E-state index contributed by atoms with van der Waals surface area (Å²) >= 11 is 0. The van der Waals surface area contributed by atoms with Crippen LogP contribution in [0.4, 0.5) is 0 Å². The van der Waals surface area contributed by atoms with E-state index in [9.17, 15) is 8.42 Å². The molecule has 0 unspecified atom stereocenters. The van der Waals surface area contributed by atoms with Gasteiger partial charge >= 0.3 is 0 Å². The molecule has 2 aromatic rings. The molecule has 0 atom stereocenters. The monoisotopic (exact) mass is 375 g/mol. The second kappa shape index (κ2) is 7.29. The smallest absolute Gasteiger partial charge is 0.240 e. The highest BCUT2D eigenvalue weighted by Gasteiger charge is 2.27. The number of rotatable bonds is 6. The Hall–Kier alpha value is -2.05. The average molecular weight is 375 g/mol. The summed E-state index contributed by atoms with van der Waals surface area (Å²) in [7, 11) is -3.58. The van der Waals surface area contributed by atoms with Gasteiger partial charge < -0.3 is 9.47 Å². The molecule has 0 amide bonds. The summed E-state index contributed by atoms with van der Waals surface area (Å²) < 4.78 is 39.2. The fourth-order valence-electron chi connectivity index (χ4n) is 2.93. The van der Waals surface area contributed by atoms with E-state index in [1.165, 1.54) is 0 Å². The van der Waals surface area contributed by atoms with Gasteiger partial charge in [-0.1, -0.05) is 12.1 Å². The van der Waals surface area contributed by atoms with Crippen LogP contribution in [0.2, 0.25) is 0 Å². The zero-order valence-electron chi connectivity index (χ0n) is 15.4. The minimum Gasteiger partial charge on any atom is -0.494 e. The van der Waals surface area contributed by atoms with Crippen LogP contribution >= 0.6 is 0 Å². The van der Waals surface area contributed by atoms with Crippen molar-refractivity contribution in [3.8, 4) is 11.5 Å². The van der Waals surface area contributed by atoms with Gasteiger partial charge in [0.1, 0.15) is 17.1 Å². The summed E-state index contributed by atoms with van der Waals surface area (Å²) in [6.07, 6.45) is 1.67. The van der Waals surface area contributed by atoms with Crippen LogP contribution in [0.3, 0.4) is 0 Å². The molecule has 0 saturated carbocycles. The Balaban J connectivity index is 1.70. The summed E-state index contributed by atoms with van der Waals surface area (Å²) in [6.45, 7) is 6.84. The third kappa shape index (κ3) is 4.37. The summed E-state index contributed by atoms with van der Waals surface area (Å²) in [5, 5.41) is 0. The SMILES string of the molecule is CCOc1ccc(CNS(=O)(=O)c2ccc3c(c2)CCC(C)(C)O3)cc1. The van der Waals surface area contributed by atoms with Crippen LogP contribution in [0.15, 0.2) is 47.4 Å². The van der Waals surface area contributed by atoms with Crippen molar-refractivity contribution in [3.63, 3.8) is 0 Å². The van der Waals surface area contributed by atoms with Crippen molar-refractivity contribution in [2.75, 3.05) is 6.61 Å². The summed E-state index contributed by atoms with van der Waals surface area (Å²) in [4.78, 5) is 0.269. The summed E-state index contributed by atoms with van der Waals surface area (Å²) in [5.74, 6) is 1.54. The van der Waals surface area contributed by atoms with Crippen molar-refractivity contribution >= 4 is 10.0 Å². The third-order valence-electron chi connectivity index (χ3n) is 4.43. The highest BCUT2D eigenvalue weighted by atomic mass is 32.2. The molecule has 140 valence electrons. The standard InChI is InChI=1S/C20H25NO4S/c1-4-24-17-7-5-15(6-8-17)14-21-26(22,23)18-9-10-19-16(13-18)11-12-20(2,3)25-19/h5-10,13,21H,4,11-12,14H2,1-3H3. The molecule has 0 bridgehead atoms. The molecule has 0 saturated heterocycles. The lowest BCUT2D eigenvalue weighted by atomic mass is 9.94. The van der Waals surface area contributed by atoms with E-state index in [-0.39, 0.29) is 17.0 Å². The molecule has 2 aromatic carbocycles. The van der Waals surface area contributed by atoms with E-state index < -0.39 is 10.0 Å². The molecule has 0 fully saturated rings. The molecule has 6 heteroatoms. The van der Waals surface area contributed by atoms with Gasteiger partial charge in [0.15, 0.2) is 0 Å². The van der Waals surface area contributed by atoms with Gasteiger partial charge in [-0.05, 0) is 75.1 Å². The Morgan fingerprint density at radius 3 is 2.58 bits per heavy atom. The van der Waals surface area contributed by atoms with Crippen molar-refractivity contribution in [2.24, 2.45) is 0 Å². The van der Waals surface area contributed by atoms with Crippen LogP contribution in [0.1, 0.15) is 38.3 Å². The topological polar surface area (TPSA) is 64.6 Å². The number of sulfonamides is 1. The lowest BCUT2D eigenvalue weighted by Gasteiger charge is -2.32. The second-order valence-corrected chi connectivity index (χ2v) is 8.80. The Morgan fingerprint density at radius 2 is 1.88 bits per heavy atom. The minimum absolute atomic E-state index is 0.209. The lowest BCUT2D eigenvalue weighted by Crippen LogP contribution is -2.32. The minimum atomic E-state index is -3.58. The van der Waals surface area contributed by atoms with Crippen LogP contribution in [0, 0.1) is 0 Å². The van der Waals surface area contributed by atoms with E-state index in [0.29, 0.717) is 6.61 Å². The molecule has 1 heterocycles. The fraction of sp³-hybridized carbons (Fsp3) is 0.400. The molecule has 26 heavy (non-hydrogen) atoms. The molecule has 0 radical (unpaired) electrons. The van der Waals surface area contributed by atoms with Gasteiger partial charge in [0, 0.05) is 6.54 Å². The van der Waals surface area contributed by atoms with Crippen LogP contribution in [-0.4, -0.2) is 20.6 Å². The van der Waals surface area contributed by atoms with Crippen LogP contribution in [-0.2, 0) is 23.0 Å². The summed E-state index contributed by atoms with van der Waals surface area (Å²) in [5.41, 5.74) is 1.60. The number of hydrogen-bond donors (Lipinski definition) is 1.